The van der Waals surface area contributed by atoms with Crippen LogP contribution in [-0.2, 0) is 6.54 Å². The largest absolute Gasteiger partial charge is 0.496 e. The van der Waals surface area contributed by atoms with Gasteiger partial charge in [0.2, 0.25) is 0 Å². The van der Waals surface area contributed by atoms with Crippen LogP contribution in [-0.4, -0.2) is 12.1 Å². The Bertz CT molecular complexity index is 564. The van der Waals surface area contributed by atoms with Crippen LogP contribution in [0.3, 0.4) is 0 Å². The molecule has 3 heteroatoms. The van der Waals surface area contributed by atoms with Gasteiger partial charge in [-0.3, -0.25) is 4.98 Å². The van der Waals surface area contributed by atoms with Crippen LogP contribution in [0.5, 0.6) is 5.75 Å². The maximum atomic E-state index is 5.78. The minimum absolute atomic E-state index is 0.472. The highest BCUT2D eigenvalue weighted by Gasteiger charge is 2.13. The molecule has 1 heterocycles. The van der Waals surface area contributed by atoms with Crippen LogP contribution in [0.15, 0.2) is 30.6 Å². The first-order valence-electron chi connectivity index (χ1n) is 5.96. The maximum Gasteiger partial charge on any atom is 0.127 e. The highest BCUT2D eigenvalue weighted by Crippen LogP contribution is 2.35. The number of pyridine rings is 1. The molecule has 1 aromatic carbocycles. The quantitative estimate of drug-likeness (QED) is 0.900. The Morgan fingerprint density at radius 3 is 2.72 bits per heavy atom. The van der Waals surface area contributed by atoms with Gasteiger partial charge in [0, 0.05) is 24.5 Å². The second kappa shape index (κ2) is 5.19. The van der Waals surface area contributed by atoms with E-state index >= 15 is 0 Å². The van der Waals surface area contributed by atoms with Crippen LogP contribution < -0.4 is 10.5 Å². The highest BCUT2D eigenvalue weighted by molar-refractivity contribution is 5.76. The van der Waals surface area contributed by atoms with Gasteiger partial charge in [-0.25, -0.2) is 0 Å². The number of rotatable bonds is 3. The Kier molecular flexibility index (Phi) is 3.63. The van der Waals surface area contributed by atoms with Crippen molar-refractivity contribution in [2.75, 3.05) is 7.11 Å². The highest BCUT2D eigenvalue weighted by atomic mass is 16.5. The Balaban J connectivity index is 2.70. The summed E-state index contributed by atoms with van der Waals surface area (Å²) in [5, 5.41) is 0. The van der Waals surface area contributed by atoms with Gasteiger partial charge in [0.1, 0.15) is 5.75 Å². The first-order valence-corrected chi connectivity index (χ1v) is 5.96. The molecule has 0 aliphatic heterocycles. The van der Waals surface area contributed by atoms with Crippen LogP contribution in [0, 0.1) is 13.8 Å². The van der Waals surface area contributed by atoms with Gasteiger partial charge in [-0.15, -0.1) is 0 Å². The van der Waals surface area contributed by atoms with Crippen molar-refractivity contribution < 1.29 is 4.74 Å². The Morgan fingerprint density at radius 2 is 2.06 bits per heavy atom. The third-order valence-corrected chi connectivity index (χ3v) is 3.06. The molecule has 0 radical (unpaired) electrons. The maximum absolute atomic E-state index is 5.78. The Labute approximate surface area is 108 Å². The van der Waals surface area contributed by atoms with E-state index in [0.717, 1.165) is 22.4 Å². The molecule has 18 heavy (non-hydrogen) atoms. The third kappa shape index (κ3) is 2.22. The van der Waals surface area contributed by atoms with Gasteiger partial charge in [0.25, 0.3) is 0 Å². The lowest BCUT2D eigenvalue weighted by molar-refractivity contribution is 0.416. The number of aromatic nitrogens is 1. The summed E-state index contributed by atoms with van der Waals surface area (Å²) in [4.78, 5) is 4.12. The average Bonchev–Trinajstić information content (AvgIpc) is 2.38. The molecule has 0 fully saturated rings. The summed E-state index contributed by atoms with van der Waals surface area (Å²) >= 11 is 0. The summed E-state index contributed by atoms with van der Waals surface area (Å²) < 4.78 is 5.50. The zero-order chi connectivity index (χ0) is 13.1. The zero-order valence-electron chi connectivity index (χ0n) is 11.0. The van der Waals surface area contributed by atoms with Gasteiger partial charge in [-0.1, -0.05) is 6.07 Å². The minimum atomic E-state index is 0.472. The molecule has 2 rings (SSSR count). The van der Waals surface area contributed by atoms with Gasteiger partial charge in [-0.05, 0) is 48.2 Å². The predicted molar refractivity (Wildman–Crippen MR) is 73.6 cm³/mol. The second-order valence-corrected chi connectivity index (χ2v) is 4.40. The Hall–Kier alpha value is -1.87. The zero-order valence-corrected chi connectivity index (χ0v) is 11.0. The van der Waals surface area contributed by atoms with Gasteiger partial charge < -0.3 is 10.5 Å². The second-order valence-electron chi connectivity index (χ2n) is 4.40. The fraction of sp³-hybridized carbons (Fsp3) is 0.267. The summed E-state index contributed by atoms with van der Waals surface area (Å²) in [5.74, 6) is 0.883. The summed E-state index contributed by atoms with van der Waals surface area (Å²) in [7, 11) is 1.70. The molecule has 0 aliphatic carbocycles. The lowest BCUT2D eigenvalue weighted by Crippen LogP contribution is -2.01. The van der Waals surface area contributed by atoms with Gasteiger partial charge in [0.05, 0.1) is 7.11 Å². The number of ether oxygens (including phenoxy) is 1. The molecule has 1 aromatic heterocycles. The lowest BCUT2D eigenvalue weighted by atomic mass is 9.95. The van der Waals surface area contributed by atoms with E-state index in [1.165, 1.54) is 11.1 Å². The predicted octanol–water partition coefficient (Wildman–Crippen LogP) is 2.83. The first-order chi connectivity index (χ1) is 8.67. The summed E-state index contributed by atoms with van der Waals surface area (Å²) in [6.45, 7) is 4.63. The van der Waals surface area contributed by atoms with E-state index in [9.17, 15) is 0 Å². The van der Waals surface area contributed by atoms with Crippen molar-refractivity contribution in [3.8, 4) is 16.9 Å². The van der Waals surface area contributed by atoms with Crippen molar-refractivity contribution in [1.82, 2.24) is 4.98 Å². The fourth-order valence-corrected chi connectivity index (χ4v) is 2.27. The van der Waals surface area contributed by atoms with Crippen LogP contribution in [0.25, 0.3) is 11.1 Å². The molecular weight excluding hydrogens is 224 g/mol. The number of nitrogens with zero attached hydrogens (tertiary/aromatic N) is 1. The summed E-state index contributed by atoms with van der Waals surface area (Å²) in [6, 6.07) is 6.18. The monoisotopic (exact) mass is 242 g/mol. The molecule has 0 saturated heterocycles. The fourth-order valence-electron chi connectivity index (χ4n) is 2.27. The molecule has 0 atom stereocenters. The number of methoxy groups -OCH3 is 1. The van der Waals surface area contributed by atoms with E-state index < -0.39 is 0 Å². The molecule has 0 saturated carbocycles. The topological polar surface area (TPSA) is 48.1 Å². The molecule has 0 bridgehead atoms. The van der Waals surface area contributed by atoms with Crippen LogP contribution in [0.4, 0.5) is 0 Å². The third-order valence-electron chi connectivity index (χ3n) is 3.06. The van der Waals surface area contributed by atoms with E-state index in [0.29, 0.717) is 6.54 Å². The molecule has 0 amide bonds. The first kappa shape index (κ1) is 12.6. The van der Waals surface area contributed by atoms with Gasteiger partial charge >= 0.3 is 0 Å². The number of benzene rings is 1. The van der Waals surface area contributed by atoms with Gasteiger partial charge in [0.15, 0.2) is 0 Å². The van der Waals surface area contributed by atoms with Crippen molar-refractivity contribution in [2.24, 2.45) is 5.73 Å². The van der Waals surface area contributed by atoms with Crippen LogP contribution >= 0.6 is 0 Å². The number of nitrogens with two attached hydrogens (primary N) is 1. The molecule has 0 spiro atoms. The van der Waals surface area contributed by atoms with E-state index in [1.54, 1.807) is 13.3 Å². The van der Waals surface area contributed by atoms with Crippen molar-refractivity contribution in [1.29, 1.82) is 0 Å². The van der Waals surface area contributed by atoms with Crippen LogP contribution in [0.1, 0.15) is 16.7 Å². The normalized spacial score (nSPS) is 10.4. The van der Waals surface area contributed by atoms with E-state index in [2.05, 4.69) is 24.9 Å². The lowest BCUT2D eigenvalue weighted by Gasteiger charge is -2.15. The molecule has 2 aromatic rings. The summed E-state index contributed by atoms with van der Waals surface area (Å²) in [5.41, 5.74) is 11.4. The molecule has 2 N–H and O–H groups in total. The van der Waals surface area contributed by atoms with Crippen molar-refractivity contribution in [3.63, 3.8) is 0 Å². The van der Waals surface area contributed by atoms with E-state index in [-0.39, 0.29) is 0 Å². The SMILES string of the molecule is COc1cc(C)cc(C)c1-c1ccncc1CN. The van der Waals surface area contributed by atoms with E-state index in [4.69, 9.17) is 10.5 Å². The average molecular weight is 242 g/mol. The molecule has 3 nitrogen and oxygen atoms in total. The summed E-state index contributed by atoms with van der Waals surface area (Å²) in [6.07, 6.45) is 3.60. The van der Waals surface area contributed by atoms with Crippen LogP contribution in [0.2, 0.25) is 0 Å². The molecule has 0 unspecified atom stereocenters. The number of aryl methyl sites for hydroxylation is 2. The van der Waals surface area contributed by atoms with E-state index in [1.807, 2.05) is 18.3 Å². The van der Waals surface area contributed by atoms with Crippen molar-refractivity contribution >= 4 is 0 Å². The molecular formula is C15H18N2O. The van der Waals surface area contributed by atoms with Gasteiger partial charge in [-0.2, -0.15) is 0 Å². The Morgan fingerprint density at radius 1 is 1.28 bits per heavy atom. The minimum Gasteiger partial charge on any atom is -0.496 e. The van der Waals surface area contributed by atoms with Crippen molar-refractivity contribution in [3.05, 3.63) is 47.3 Å². The molecule has 94 valence electrons. The van der Waals surface area contributed by atoms with Crippen molar-refractivity contribution in [2.45, 2.75) is 20.4 Å². The molecule has 0 aliphatic rings. The number of hydrogen-bond donors (Lipinski definition) is 1. The smallest absolute Gasteiger partial charge is 0.127 e. The standard InChI is InChI=1S/C15H18N2O/c1-10-6-11(2)15(14(7-10)18-3)13-4-5-17-9-12(13)8-16/h4-7,9H,8,16H2,1-3H3. The number of hydrogen-bond acceptors (Lipinski definition) is 3.